The van der Waals surface area contributed by atoms with Gasteiger partial charge in [-0.05, 0) is 28.1 Å². The van der Waals surface area contributed by atoms with Crippen molar-refractivity contribution in [2.24, 2.45) is 12.2 Å². The number of aromatic nitrogens is 2. The summed E-state index contributed by atoms with van der Waals surface area (Å²) in [4.78, 5) is 2.67. The topological polar surface area (TPSA) is 66.6 Å². The molecular formula is C5H6IN5. The van der Waals surface area contributed by atoms with Crippen molar-refractivity contribution in [3.8, 4) is 0 Å². The van der Waals surface area contributed by atoms with Gasteiger partial charge in [0, 0.05) is 23.7 Å². The van der Waals surface area contributed by atoms with Gasteiger partial charge in [-0.25, -0.2) is 0 Å². The molecule has 0 bridgehead atoms. The number of halogens is 1. The molecule has 0 unspecified atom stereocenters. The van der Waals surface area contributed by atoms with Crippen molar-refractivity contribution in [2.45, 2.75) is 6.54 Å². The Morgan fingerprint density at radius 1 is 1.91 bits per heavy atom. The van der Waals surface area contributed by atoms with Gasteiger partial charge in [-0.15, -0.1) is 0 Å². The predicted molar refractivity (Wildman–Crippen MR) is 48.8 cm³/mol. The van der Waals surface area contributed by atoms with Crippen LogP contribution in [0.4, 0.5) is 0 Å². The largest absolute Gasteiger partial charge is 0.274 e. The van der Waals surface area contributed by atoms with E-state index < -0.39 is 0 Å². The van der Waals surface area contributed by atoms with Crippen molar-refractivity contribution in [3.63, 3.8) is 0 Å². The highest BCUT2D eigenvalue weighted by molar-refractivity contribution is 14.1. The Balaban J connectivity index is 2.85. The molecule has 0 N–H and O–H groups in total. The van der Waals surface area contributed by atoms with Gasteiger partial charge < -0.3 is 0 Å². The normalized spacial score (nSPS) is 9.27. The first kappa shape index (κ1) is 8.35. The van der Waals surface area contributed by atoms with Crippen LogP contribution in [0.25, 0.3) is 10.4 Å². The highest BCUT2D eigenvalue weighted by Gasteiger charge is 2.01. The maximum atomic E-state index is 8.05. The third-order valence-electron chi connectivity index (χ3n) is 1.16. The van der Waals surface area contributed by atoms with Crippen molar-refractivity contribution in [1.29, 1.82) is 0 Å². The Morgan fingerprint density at radius 2 is 2.64 bits per heavy atom. The molecule has 0 radical (unpaired) electrons. The molecular weight excluding hydrogens is 257 g/mol. The Bertz CT molecular complexity index is 298. The van der Waals surface area contributed by atoms with E-state index in [4.69, 9.17) is 5.53 Å². The molecule has 1 aromatic heterocycles. The van der Waals surface area contributed by atoms with E-state index in [1.807, 2.05) is 13.2 Å². The zero-order valence-corrected chi connectivity index (χ0v) is 8.06. The second-order valence-electron chi connectivity index (χ2n) is 2.01. The fourth-order valence-corrected chi connectivity index (χ4v) is 1.37. The molecule has 58 valence electrons. The quantitative estimate of drug-likeness (QED) is 0.347. The molecule has 0 aliphatic heterocycles. The van der Waals surface area contributed by atoms with Crippen LogP contribution in [0.1, 0.15) is 5.56 Å². The van der Waals surface area contributed by atoms with E-state index in [0.717, 1.165) is 9.26 Å². The molecule has 0 saturated heterocycles. The lowest BCUT2D eigenvalue weighted by Crippen LogP contribution is -1.85. The van der Waals surface area contributed by atoms with Crippen LogP contribution in [-0.2, 0) is 13.6 Å². The van der Waals surface area contributed by atoms with Crippen LogP contribution >= 0.6 is 22.6 Å². The maximum Gasteiger partial charge on any atom is 0.126 e. The summed E-state index contributed by atoms with van der Waals surface area (Å²) in [5.41, 5.74) is 9.02. The van der Waals surface area contributed by atoms with Crippen molar-refractivity contribution in [2.75, 3.05) is 0 Å². The number of aryl methyl sites for hydroxylation is 1. The summed E-state index contributed by atoms with van der Waals surface area (Å²) in [6, 6.07) is 0. The lowest BCUT2D eigenvalue weighted by molar-refractivity contribution is 0.759. The fourth-order valence-electron chi connectivity index (χ4n) is 0.724. The smallest absolute Gasteiger partial charge is 0.126 e. The molecule has 0 spiro atoms. The average molecular weight is 263 g/mol. The van der Waals surface area contributed by atoms with Crippen LogP contribution in [0.5, 0.6) is 0 Å². The summed E-state index contributed by atoms with van der Waals surface area (Å²) in [5.74, 6) is 0. The van der Waals surface area contributed by atoms with E-state index in [-0.39, 0.29) is 0 Å². The van der Waals surface area contributed by atoms with E-state index >= 15 is 0 Å². The van der Waals surface area contributed by atoms with Crippen LogP contribution < -0.4 is 0 Å². The summed E-state index contributed by atoms with van der Waals surface area (Å²) < 4.78 is 2.58. The lowest BCUT2D eigenvalue weighted by atomic mass is 10.4. The highest BCUT2D eigenvalue weighted by atomic mass is 127. The first-order valence-electron chi connectivity index (χ1n) is 2.93. The summed E-state index contributed by atoms with van der Waals surface area (Å²) in [7, 11) is 1.84. The van der Waals surface area contributed by atoms with Gasteiger partial charge in [-0.3, -0.25) is 4.68 Å². The minimum atomic E-state index is 0.378. The second-order valence-corrected chi connectivity index (χ2v) is 3.03. The molecule has 0 aliphatic rings. The summed E-state index contributed by atoms with van der Waals surface area (Å²) in [5, 5.41) is 7.52. The number of azide groups is 1. The van der Waals surface area contributed by atoms with Gasteiger partial charge in [0.05, 0.1) is 6.54 Å². The minimum Gasteiger partial charge on any atom is -0.274 e. The van der Waals surface area contributed by atoms with Crippen molar-refractivity contribution >= 4 is 22.6 Å². The van der Waals surface area contributed by atoms with Gasteiger partial charge in [0.15, 0.2) is 0 Å². The Kier molecular flexibility index (Phi) is 2.72. The van der Waals surface area contributed by atoms with Crippen molar-refractivity contribution in [3.05, 3.63) is 25.9 Å². The molecule has 11 heavy (non-hydrogen) atoms. The van der Waals surface area contributed by atoms with Gasteiger partial charge in [-0.1, -0.05) is 5.11 Å². The standard InChI is InChI=1S/C5H6IN5/c1-11-3-4(2-8-10-7)5(6)9-11/h3H,2H2,1H3. The molecule has 0 fully saturated rings. The first-order valence-corrected chi connectivity index (χ1v) is 4.01. The minimum absolute atomic E-state index is 0.378. The highest BCUT2D eigenvalue weighted by Crippen LogP contribution is 2.09. The molecule has 0 amide bonds. The number of hydrogen-bond acceptors (Lipinski definition) is 2. The lowest BCUT2D eigenvalue weighted by Gasteiger charge is -1.84. The molecule has 1 aromatic rings. The molecule has 0 atom stereocenters. The van der Waals surface area contributed by atoms with E-state index in [1.165, 1.54) is 0 Å². The Labute approximate surface area is 77.2 Å². The molecule has 1 heterocycles. The molecule has 0 aliphatic carbocycles. The van der Waals surface area contributed by atoms with Gasteiger partial charge >= 0.3 is 0 Å². The third-order valence-corrected chi connectivity index (χ3v) is 2.07. The first-order chi connectivity index (χ1) is 5.24. The number of rotatable bonds is 2. The Hall–Kier alpha value is -0.750. The summed E-state index contributed by atoms with van der Waals surface area (Å²) >= 11 is 2.11. The van der Waals surface area contributed by atoms with Gasteiger partial charge in [-0.2, -0.15) is 5.10 Å². The van der Waals surface area contributed by atoms with Crippen LogP contribution in [0, 0.1) is 3.70 Å². The average Bonchev–Trinajstić information content (AvgIpc) is 2.26. The monoisotopic (exact) mass is 263 g/mol. The fraction of sp³-hybridized carbons (Fsp3) is 0.400. The SMILES string of the molecule is Cn1cc(CN=[N+]=[N-])c(I)n1. The molecule has 6 heteroatoms. The van der Waals surface area contributed by atoms with Gasteiger partial charge in [0.1, 0.15) is 3.70 Å². The van der Waals surface area contributed by atoms with Gasteiger partial charge in [0.25, 0.3) is 0 Å². The van der Waals surface area contributed by atoms with Crippen LogP contribution in [0.15, 0.2) is 11.3 Å². The second kappa shape index (κ2) is 3.59. The van der Waals surface area contributed by atoms with E-state index in [2.05, 4.69) is 37.7 Å². The molecule has 0 aromatic carbocycles. The Morgan fingerprint density at radius 3 is 3.09 bits per heavy atom. The molecule has 1 rings (SSSR count). The number of hydrogen-bond donors (Lipinski definition) is 0. The van der Waals surface area contributed by atoms with E-state index in [9.17, 15) is 0 Å². The predicted octanol–water partition coefficient (Wildman–Crippen LogP) is 1.83. The number of nitrogens with zero attached hydrogens (tertiary/aromatic N) is 5. The van der Waals surface area contributed by atoms with Crippen LogP contribution in [0.3, 0.4) is 0 Å². The van der Waals surface area contributed by atoms with Crippen LogP contribution in [0.2, 0.25) is 0 Å². The third kappa shape index (κ3) is 2.09. The summed E-state index contributed by atoms with van der Waals surface area (Å²) in [6.45, 7) is 0.378. The van der Waals surface area contributed by atoms with Crippen LogP contribution in [-0.4, -0.2) is 9.78 Å². The zero-order chi connectivity index (χ0) is 8.27. The van der Waals surface area contributed by atoms with Crippen molar-refractivity contribution in [1.82, 2.24) is 9.78 Å². The van der Waals surface area contributed by atoms with E-state index in [0.29, 0.717) is 6.54 Å². The molecule has 0 saturated carbocycles. The van der Waals surface area contributed by atoms with Gasteiger partial charge in [0.2, 0.25) is 0 Å². The summed E-state index contributed by atoms with van der Waals surface area (Å²) in [6.07, 6.45) is 1.84. The van der Waals surface area contributed by atoms with E-state index in [1.54, 1.807) is 4.68 Å². The van der Waals surface area contributed by atoms with Crippen molar-refractivity contribution < 1.29 is 0 Å². The zero-order valence-electron chi connectivity index (χ0n) is 5.90. The maximum absolute atomic E-state index is 8.05. The molecule has 5 nitrogen and oxygen atoms in total.